The van der Waals surface area contributed by atoms with E-state index in [9.17, 15) is 13.9 Å². The highest BCUT2D eigenvalue weighted by atomic mass is 35.5. The molecule has 104 valence electrons. The minimum Gasteiger partial charge on any atom is -0.385 e. The van der Waals surface area contributed by atoms with Crippen molar-refractivity contribution in [2.75, 3.05) is 0 Å². The minimum atomic E-state index is -1.42. The lowest BCUT2D eigenvalue weighted by Crippen LogP contribution is -2.26. The van der Waals surface area contributed by atoms with Crippen LogP contribution in [0.3, 0.4) is 0 Å². The van der Waals surface area contributed by atoms with Crippen molar-refractivity contribution in [2.45, 2.75) is 18.9 Å². The molecule has 0 fully saturated rings. The number of hydrogen-bond donors (Lipinski definition) is 1. The van der Waals surface area contributed by atoms with Crippen LogP contribution in [0.1, 0.15) is 18.1 Å². The van der Waals surface area contributed by atoms with Gasteiger partial charge in [0, 0.05) is 12.0 Å². The molecule has 2 aromatic carbocycles. The molecule has 0 aromatic heterocycles. The number of benzene rings is 2. The SMILES string of the molecule is Bc1ccc(C(C)(O)Cc2ccc(Cl)c(F)c2)c(F)c1. The first-order valence-electron chi connectivity index (χ1n) is 6.22. The van der Waals surface area contributed by atoms with E-state index in [4.69, 9.17) is 11.6 Å². The fourth-order valence-corrected chi connectivity index (χ4v) is 2.32. The van der Waals surface area contributed by atoms with Gasteiger partial charge in [0.2, 0.25) is 0 Å². The predicted molar refractivity (Wildman–Crippen MR) is 79.3 cm³/mol. The number of rotatable bonds is 3. The Kier molecular flexibility index (Phi) is 4.16. The molecule has 0 spiro atoms. The third-order valence-electron chi connectivity index (χ3n) is 3.24. The molecule has 0 radical (unpaired) electrons. The van der Waals surface area contributed by atoms with Gasteiger partial charge in [-0.05, 0) is 30.7 Å². The molecule has 2 aromatic rings. The standard InChI is InChI=1S/C15H14BClF2O/c1-15(20,11-4-3-10(16)7-13(11)18)8-9-2-5-12(17)14(19)6-9/h2-7,20H,8,16H2,1H3. The lowest BCUT2D eigenvalue weighted by molar-refractivity contribution is 0.0538. The Balaban J connectivity index is 2.32. The summed E-state index contributed by atoms with van der Waals surface area (Å²) in [4.78, 5) is 0. The summed E-state index contributed by atoms with van der Waals surface area (Å²) in [7, 11) is 1.77. The molecule has 1 atom stereocenters. The van der Waals surface area contributed by atoms with Crippen molar-refractivity contribution in [1.82, 2.24) is 0 Å². The summed E-state index contributed by atoms with van der Waals surface area (Å²) in [6.45, 7) is 1.51. The first kappa shape index (κ1) is 15.0. The molecule has 0 bridgehead atoms. The second-order valence-corrected chi connectivity index (χ2v) is 5.59. The van der Waals surface area contributed by atoms with Gasteiger partial charge in [-0.25, -0.2) is 8.78 Å². The molecule has 1 unspecified atom stereocenters. The fourth-order valence-electron chi connectivity index (χ4n) is 2.20. The lowest BCUT2D eigenvalue weighted by atomic mass is 9.86. The number of aliphatic hydroxyl groups is 1. The molecule has 0 amide bonds. The van der Waals surface area contributed by atoms with E-state index in [-0.39, 0.29) is 17.0 Å². The summed E-state index contributed by atoms with van der Waals surface area (Å²) in [6, 6.07) is 8.95. The molecule has 0 aliphatic heterocycles. The number of hydrogen-bond acceptors (Lipinski definition) is 1. The highest BCUT2D eigenvalue weighted by molar-refractivity contribution is 6.32. The van der Waals surface area contributed by atoms with Crippen molar-refractivity contribution in [3.63, 3.8) is 0 Å². The first-order valence-corrected chi connectivity index (χ1v) is 6.60. The largest absolute Gasteiger partial charge is 0.385 e. The summed E-state index contributed by atoms with van der Waals surface area (Å²) in [5.74, 6) is -1.02. The smallest absolute Gasteiger partial charge is 0.142 e. The molecule has 5 heteroatoms. The van der Waals surface area contributed by atoms with Gasteiger partial charge in [-0.3, -0.25) is 0 Å². The molecule has 1 nitrogen and oxygen atoms in total. The van der Waals surface area contributed by atoms with Crippen molar-refractivity contribution in [3.05, 3.63) is 64.2 Å². The summed E-state index contributed by atoms with van der Waals surface area (Å²) < 4.78 is 27.3. The normalized spacial score (nSPS) is 14.1. The zero-order valence-corrected chi connectivity index (χ0v) is 12.0. The van der Waals surface area contributed by atoms with Crippen LogP contribution in [0, 0.1) is 11.6 Å². The first-order chi connectivity index (χ1) is 9.29. The molecular formula is C15H14BClF2O. The highest BCUT2D eigenvalue weighted by Crippen LogP contribution is 2.28. The van der Waals surface area contributed by atoms with E-state index in [2.05, 4.69) is 0 Å². The summed E-state index contributed by atoms with van der Waals surface area (Å²) >= 11 is 5.61. The Morgan fingerprint density at radius 1 is 1.15 bits per heavy atom. The summed E-state index contributed by atoms with van der Waals surface area (Å²) in [6.07, 6.45) is 0.0983. The van der Waals surface area contributed by atoms with Gasteiger partial charge in [0.05, 0.1) is 10.6 Å². The Bertz CT molecular complexity index is 644. The Morgan fingerprint density at radius 3 is 2.45 bits per heavy atom. The zero-order valence-electron chi connectivity index (χ0n) is 11.3. The van der Waals surface area contributed by atoms with Crippen LogP contribution in [0.5, 0.6) is 0 Å². The molecule has 0 heterocycles. The fraction of sp³-hybridized carbons (Fsp3) is 0.200. The zero-order chi connectivity index (χ0) is 14.9. The van der Waals surface area contributed by atoms with Crippen LogP contribution in [0.2, 0.25) is 5.02 Å². The maximum absolute atomic E-state index is 13.9. The van der Waals surface area contributed by atoms with Gasteiger partial charge < -0.3 is 5.11 Å². The van der Waals surface area contributed by atoms with E-state index in [1.54, 1.807) is 26.0 Å². The van der Waals surface area contributed by atoms with Gasteiger partial charge in [0.25, 0.3) is 0 Å². The van der Waals surface area contributed by atoms with E-state index in [0.717, 1.165) is 5.46 Å². The third-order valence-corrected chi connectivity index (χ3v) is 3.54. The molecule has 1 N–H and O–H groups in total. The summed E-state index contributed by atoms with van der Waals surface area (Å²) in [5.41, 5.74) is 0.104. The highest BCUT2D eigenvalue weighted by Gasteiger charge is 2.27. The van der Waals surface area contributed by atoms with Gasteiger partial charge in [-0.2, -0.15) is 0 Å². The average molecular weight is 295 g/mol. The van der Waals surface area contributed by atoms with Crippen LogP contribution >= 0.6 is 11.6 Å². The Labute approximate surface area is 122 Å². The maximum Gasteiger partial charge on any atom is 0.142 e. The van der Waals surface area contributed by atoms with E-state index < -0.39 is 17.2 Å². The maximum atomic E-state index is 13.9. The van der Waals surface area contributed by atoms with E-state index >= 15 is 0 Å². The van der Waals surface area contributed by atoms with Gasteiger partial charge in [0.1, 0.15) is 19.5 Å². The van der Waals surface area contributed by atoms with Crippen LogP contribution in [0.4, 0.5) is 8.78 Å². The quantitative estimate of drug-likeness (QED) is 0.862. The molecule has 0 aliphatic rings. The van der Waals surface area contributed by atoms with E-state index in [1.165, 1.54) is 25.1 Å². The van der Waals surface area contributed by atoms with Gasteiger partial charge in [0.15, 0.2) is 0 Å². The minimum absolute atomic E-state index is 0.0231. The molecule has 0 saturated heterocycles. The molecule has 2 rings (SSSR count). The molecule has 20 heavy (non-hydrogen) atoms. The van der Waals surface area contributed by atoms with Crippen molar-refractivity contribution in [3.8, 4) is 0 Å². The molecule has 0 aliphatic carbocycles. The van der Waals surface area contributed by atoms with Crippen LogP contribution in [0.25, 0.3) is 0 Å². The molecule has 0 saturated carbocycles. The second kappa shape index (κ2) is 5.54. The Hall–Kier alpha value is -1.39. The number of halogens is 3. The average Bonchev–Trinajstić information content (AvgIpc) is 2.33. The Morgan fingerprint density at radius 2 is 1.85 bits per heavy atom. The van der Waals surface area contributed by atoms with Crippen molar-refractivity contribution in [1.29, 1.82) is 0 Å². The van der Waals surface area contributed by atoms with Crippen LogP contribution in [-0.2, 0) is 12.0 Å². The van der Waals surface area contributed by atoms with Gasteiger partial charge in [-0.1, -0.05) is 35.3 Å². The van der Waals surface area contributed by atoms with Gasteiger partial charge >= 0.3 is 0 Å². The van der Waals surface area contributed by atoms with Crippen molar-refractivity contribution < 1.29 is 13.9 Å². The van der Waals surface area contributed by atoms with E-state index in [0.29, 0.717) is 5.56 Å². The van der Waals surface area contributed by atoms with Crippen LogP contribution in [-0.4, -0.2) is 13.0 Å². The lowest BCUT2D eigenvalue weighted by Gasteiger charge is -2.25. The monoisotopic (exact) mass is 294 g/mol. The third kappa shape index (κ3) is 3.19. The predicted octanol–water partition coefficient (Wildman–Crippen LogP) is 2.33. The topological polar surface area (TPSA) is 20.2 Å². The summed E-state index contributed by atoms with van der Waals surface area (Å²) in [5, 5.41) is 10.5. The van der Waals surface area contributed by atoms with Crippen LogP contribution in [0.15, 0.2) is 36.4 Å². The second-order valence-electron chi connectivity index (χ2n) is 5.18. The van der Waals surface area contributed by atoms with E-state index in [1.807, 2.05) is 0 Å². The van der Waals surface area contributed by atoms with Gasteiger partial charge in [-0.15, -0.1) is 0 Å². The van der Waals surface area contributed by atoms with Crippen LogP contribution < -0.4 is 5.46 Å². The molecular weight excluding hydrogens is 280 g/mol. The van der Waals surface area contributed by atoms with Crippen molar-refractivity contribution in [2.24, 2.45) is 0 Å². The van der Waals surface area contributed by atoms with Crippen molar-refractivity contribution >= 4 is 24.9 Å².